The fourth-order valence-electron chi connectivity index (χ4n) is 4.78. The molecule has 0 aliphatic carbocycles. The summed E-state index contributed by atoms with van der Waals surface area (Å²) < 4.78 is 27.9. The maximum absolute atomic E-state index is 12.8. The number of rotatable bonds is 9. The standard InChI is InChI=1S/C23H36BrN3O3S/c1-2-22-9-3-4-13-26(22)14-6-12-25-23(28)20-10-15-27(16-11-20)31(29,30)18-19-7-5-8-21(24)17-19/h5,7-8,17,20,22H,2-4,6,9-16,18H2,1H3,(H,25,28). The summed E-state index contributed by atoms with van der Waals surface area (Å²) in [4.78, 5) is 15.1. The molecule has 1 amide bonds. The van der Waals surface area contributed by atoms with Crippen LogP contribution in [0.1, 0.15) is 57.4 Å². The topological polar surface area (TPSA) is 69.7 Å². The molecular weight excluding hydrogens is 478 g/mol. The number of carbonyl (C=O) groups excluding carboxylic acids is 1. The van der Waals surface area contributed by atoms with Crippen molar-refractivity contribution in [3.05, 3.63) is 34.3 Å². The lowest BCUT2D eigenvalue weighted by Gasteiger charge is -2.35. The maximum Gasteiger partial charge on any atom is 0.223 e. The van der Waals surface area contributed by atoms with Gasteiger partial charge in [-0.3, -0.25) is 4.79 Å². The van der Waals surface area contributed by atoms with Gasteiger partial charge >= 0.3 is 0 Å². The van der Waals surface area contributed by atoms with Gasteiger partial charge in [0.15, 0.2) is 0 Å². The van der Waals surface area contributed by atoms with Gasteiger partial charge in [-0.15, -0.1) is 0 Å². The minimum absolute atomic E-state index is 0.00143. The van der Waals surface area contributed by atoms with Gasteiger partial charge in [0.2, 0.25) is 15.9 Å². The Morgan fingerprint density at radius 2 is 1.94 bits per heavy atom. The number of likely N-dealkylation sites (tertiary alicyclic amines) is 1. The molecule has 0 aromatic heterocycles. The number of sulfonamides is 1. The van der Waals surface area contributed by atoms with Crippen molar-refractivity contribution in [1.29, 1.82) is 0 Å². The third-order valence-electron chi connectivity index (χ3n) is 6.60. The molecule has 2 aliphatic rings. The molecule has 0 radical (unpaired) electrons. The second kappa shape index (κ2) is 11.8. The molecule has 1 N–H and O–H groups in total. The molecule has 0 bridgehead atoms. The van der Waals surface area contributed by atoms with Gasteiger partial charge in [-0.25, -0.2) is 12.7 Å². The van der Waals surface area contributed by atoms with Crippen LogP contribution in [0.3, 0.4) is 0 Å². The van der Waals surface area contributed by atoms with Crippen molar-refractivity contribution >= 4 is 31.9 Å². The van der Waals surface area contributed by atoms with Crippen LogP contribution in [0.2, 0.25) is 0 Å². The first-order valence-corrected chi connectivity index (χ1v) is 14.0. The van der Waals surface area contributed by atoms with Crippen molar-refractivity contribution in [3.8, 4) is 0 Å². The van der Waals surface area contributed by atoms with Crippen LogP contribution < -0.4 is 5.32 Å². The van der Waals surface area contributed by atoms with Crippen LogP contribution in [0, 0.1) is 5.92 Å². The quantitative estimate of drug-likeness (QED) is 0.510. The van der Waals surface area contributed by atoms with Crippen LogP contribution in [0.25, 0.3) is 0 Å². The Morgan fingerprint density at radius 1 is 1.16 bits per heavy atom. The van der Waals surface area contributed by atoms with E-state index in [1.165, 1.54) is 32.2 Å². The lowest BCUT2D eigenvalue weighted by Crippen LogP contribution is -2.44. The molecule has 0 saturated carbocycles. The van der Waals surface area contributed by atoms with E-state index >= 15 is 0 Å². The average Bonchev–Trinajstić information content (AvgIpc) is 2.76. The van der Waals surface area contributed by atoms with E-state index < -0.39 is 10.0 Å². The molecule has 2 aliphatic heterocycles. The minimum atomic E-state index is -3.37. The van der Waals surface area contributed by atoms with Crippen LogP contribution in [-0.2, 0) is 20.6 Å². The number of halogens is 1. The molecule has 31 heavy (non-hydrogen) atoms. The molecular formula is C23H36BrN3O3S. The summed E-state index contributed by atoms with van der Waals surface area (Å²) in [5.74, 6) is -0.0103. The SMILES string of the molecule is CCC1CCCCN1CCCNC(=O)C1CCN(S(=O)(=O)Cc2cccc(Br)c2)CC1. The zero-order valence-corrected chi connectivity index (χ0v) is 21.0. The predicted molar refractivity (Wildman–Crippen MR) is 128 cm³/mol. The molecule has 2 heterocycles. The molecule has 1 atom stereocenters. The van der Waals surface area contributed by atoms with Crippen molar-refractivity contribution in [2.24, 2.45) is 5.92 Å². The van der Waals surface area contributed by atoms with Gasteiger partial charge < -0.3 is 10.2 Å². The third kappa shape index (κ3) is 7.27. The molecule has 2 saturated heterocycles. The first-order valence-electron chi connectivity index (χ1n) is 11.6. The normalized spacial score (nSPS) is 21.8. The zero-order valence-electron chi connectivity index (χ0n) is 18.6. The van der Waals surface area contributed by atoms with E-state index in [4.69, 9.17) is 0 Å². The Morgan fingerprint density at radius 3 is 2.65 bits per heavy atom. The summed E-state index contributed by atoms with van der Waals surface area (Å²) >= 11 is 3.39. The van der Waals surface area contributed by atoms with Crippen molar-refractivity contribution in [2.45, 2.75) is 63.7 Å². The monoisotopic (exact) mass is 513 g/mol. The number of hydrogen-bond donors (Lipinski definition) is 1. The van der Waals surface area contributed by atoms with Gasteiger partial charge in [0, 0.05) is 42.6 Å². The Hall–Kier alpha value is -0.960. The summed E-state index contributed by atoms with van der Waals surface area (Å²) in [6.07, 6.45) is 7.28. The van der Waals surface area contributed by atoms with Gasteiger partial charge in [0.25, 0.3) is 0 Å². The minimum Gasteiger partial charge on any atom is -0.356 e. The van der Waals surface area contributed by atoms with E-state index in [9.17, 15) is 13.2 Å². The molecule has 3 rings (SSSR count). The van der Waals surface area contributed by atoms with Gasteiger partial charge in [0.05, 0.1) is 5.75 Å². The number of benzene rings is 1. The summed E-state index contributed by atoms with van der Waals surface area (Å²) in [6.45, 7) is 6.02. The van der Waals surface area contributed by atoms with Gasteiger partial charge in [-0.2, -0.15) is 0 Å². The molecule has 1 aromatic rings. The number of nitrogens with zero attached hydrogens (tertiary/aromatic N) is 2. The Bertz CT molecular complexity index is 825. The molecule has 1 unspecified atom stereocenters. The third-order valence-corrected chi connectivity index (χ3v) is 8.94. The highest BCUT2D eigenvalue weighted by Crippen LogP contribution is 2.23. The number of amides is 1. The number of piperidine rings is 2. The highest BCUT2D eigenvalue weighted by Gasteiger charge is 2.31. The molecule has 6 nitrogen and oxygen atoms in total. The number of carbonyl (C=O) groups is 1. The highest BCUT2D eigenvalue weighted by molar-refractivity contribution is 9.10. The van der Waals surface area contributed by atoms with Gasteiger partial charge in [-0.1, -0.05) is 41.4 Å². The van der Waals surface area contributed by atoms with E-state index in [-0.39, 0.29) is 17.6 Å². The summed E-state index contributed by atoms with van der Waals surface area (Å²) in [6, 6.07) is 8.10. The van der Waals surface area contributed by atoms with Crippen LogP contribution in [0.5, 0.6) is 0 Å². The van der Waals surface area contributed by atoms with E-state index in [1.54, 1.807) is 4.31 Å². The molecule has 8 heteroatoms. The number of nitrogens with one attached hydrogen (secondary N) is 1. The van der Waals surface area contributed by atoms with Crippen molar-refractivity contribution in [2.75, 3.05) is 32.7 Å². The second-order valence-electron chi connectivity index (χ2n) is 8.80. The first kappa shape index (κ1) is 24.7. The lowest BCUT2D eigenvalue weighted by molar-refractivity contribution is -0.126. The van der Waals surface area contributed by atoms with E-state index in [2.05, 4.69) is 33.1 Å². The fraction of sp³-hybridized carbons (Fsp3) is 0.696. The predicted octanol–water partition coefficient (Wildman–Crippen LogP) is 3.76. The van der Waals surface area contributed by atoms with Gasteiger partial charge in [0.1, 0.15) is 0 Å². The van der Waals surface area contributed by atoms with Crippen molar-refractivity contribution in [1.82, 2.24) is 14.5 Å². The Balaban J connectivity index is 1.38. The van der Waals surface area contributed by atoms with E-state index in [1.807, 2.05) is 24.3 Å². The molecule has 0 spiro atoms. The zero-order chi connectivity index (χ0) is 22.3. The maximum atomic E-state index is 12.8. The molecule has 1 aromatic carbocycles. The Labute approximate surface area is 195 Å². The van der Waals surface area contributed by atoms with Crippen LogP contribution >= 0.6 is 15.9 Å². The Kier molecular flexibility index (Phi) is 9.37. The summed E-state index contributed by atoms with van der Waals surface area (Å²) in [7, 11) is -3.37. The van der Waals surface area contributed by atoms with Gasteiger partial charge in [-0.05, 0) is 62.8 Å². The van der Waals surface area contributed by atoms with Crippen molar-refractivity contribution in [3.63, 3.8) is 0 Å². The van der Waals surface area contributed by atoms with Crippen LogP contribution in [0.4, 0.5) is 0 Å². The summed E-state index contributed by atoms with van der Waals surface area (Å²) in [5.41, 5.74) is 0.772. The van der Waals surface area contributed by atoms with E-state index in [0.29, 0.717) is 38.5 Å². The fourth-order valence-corrected chi connectivity index (χ4v) is 6.78. The molecule has 2 fully saturated rings. The summed E-state index contributed by atoms with van der Waals surface area (Å²) in [5, 5.41) is 3.09. The van der Waals surface area contributed by atoms with Crippen LogP contribution in [-0.4, -0.2) is 62.3 Å². The van der Waals surface area contributed by atoms with E-state index in [0.717, 1.165) is 23.0 Å². The molecule has 174 valence electrons. The highest BCUT2D eigenvalue weighted by atomic mass is 79.9. The number of hydrogen-bond acceptors (Lipinski definition) is 4. The van der Waals surface area contributed by atoms with Crippen molar-refractivity contribution < 1.29 is 13.2 Å². The average molecular weight is 515 g/mol. The largest absolute Gasteiger partial charge is 0.356 e. The van der Waals surface area contributed by atoms with Crippen LogP contribution in [0.15, 0.2) is 28.7 Å². The second-order valence-corrected chi connectivity index (χ2v) is 11.7. The first-order chi connectivity index (χ1) is 14.9. The smallest absolute Gasteiger partial charge is 0.223 e. The lowest BCUT2D eigenvalue weighted by atomic mass is 9.97.